The molecule has 0 unspecified atom stereocenters. The summed E-state index contributed by atoms with van der Waals surface area (Å²) in [5.74, 6) is 0.872. The van der Waals surface area contributed by atoms with E-state index in [0.717, 1.165) is 29.2 Å². The number of ether oxygens (including phenoxy) is 1. The summed E-state index contributed by atoms with van der Waals surface area (Å²) in [6.07, 6.45) is 1.98. The van der Waals surface area contributed by atoms with E-state index in [9.17, 15) is 0 Å². The van der Waals surface area contributed by atoms with E-state index in [4.69, 9.17) is 4.74 Å². The van der Waals surface area contributed by atoms with Gasteiger partial charge >= 0.3 is 0 Å². The first-order chi connectivity index (χ1) is 7.31. The van der Waals surface area contributed by atoms with Crippen molar-refractivity contribution in [2.24, 2.45) is 0 Å². The number of thioether (sulfide) groups is 2. The van der Waals surface area contributed by atoms with E-state index in [1.165, 1.54) is 0 Å². The van der Waals surface area contributed by atoms with E-state index in [1.807, 2.05) is 19.4 Å². The molecule has 0 amide bonds. The summed E-state index contributed by atoms with van der Waals surface area (Å²) < 4.78 is 5.14. The molecule has 82 valence electrons. The topological polar surface area (TPSA) is 47.0 Å². The molecule has 1 aromatic heterocycles. The number of anilines is 1. The van der Waals surface area contributed by atoms with Crippen molar-refractivity contribution in [1.82, 2.24) is 9.97 Å². The third-order valence-corrected chi connectivity index (χ3v) is 3.62. The number of hydrogen-bond acceptors (Lipinski definition) is 6. The molecule has 1 aliphatic rings. The maximum atomic E-state index is 5.14. The van der Waals surface area contributed by atoms with Gasteiger partial charge in [0, 0.05) is 13.1 Å². The molecule has 0 atom stereocenters. The van der Waals surface area contributed by atoms with Gasteiger partial charge in [0.15, 0.2) is 5.16 Å². The lowest BCUT2D eigenvalue weighted by molar-refractivity contribution is 0.0454. The van der Waals surface area contributed by atoms with Gasteiger partial charge in [-0.15, -0.1) is 0 Å². The van der Waals surface area contributed by atoms with Gasteiger partial charge < -0.3 is 10.1 Å². The number of nitrogens with one attached hydrogen (secondary N) is 1. The molecule has 15 heavy (non-hydrogen) atoms. The highest BCUT2D eigenvalue weighted by Crippen LogP contribution is 2.28. The van der Waals surface area contributed by atoms with Gasteiger partial charge in [-0.2, -0.15) is 0 Å². The fourth-order valence-corrected chi connectivity index (χ4v) is 2.56. The average Bonchev–Trinajstić information content (AvgIpc) is 2.23. The second-order valence-corrected chi connectivity index (χ2v) is 5.20. The minimum Gasteiger partial charge on any atom is -0.379 e. The van der Waals surface area contributed by atoms with Gasteiger partial charge in [-0.1, -0.05) is 23.5 Å². The maximum Gasteiger partial charge on any atom is 0.190 e. The quantitative estimate of drug-likeness (QED) is 0.494. The van der Waals surface area contributed by atoms with Crippen LogP contribution in [0.2, 0.25) is 0 Å². The van der Waals surface area contributed by atoms with Crippen LogP contribution in [-0.4, -0.2) is 41.7 Å². The largest absolute Gasteiger partial charge is 0.379 e. The van der Waals surface area contributed by atoms with Gasteiger partial charge in [-0.3, -0.25) is 0 Å². The Bertz CT molecular complexity index is 322. The van der Waals surface area contributed by atoms with Crippen molar-refractivity contribution in [3.63, 3.8) is 0 Å². The Kier molecular flexibility index (Phi) is 3.71. The molecule has 1 N–H and O–H groups in total. The van der Waals surface area contributed by atoms with Crippen molar-refractivity contribution in [3.05, 3.63) is 6.07 Å². The molecule has 1 saturated heterocycles. The molecule has 1 aromatic rings. The Morgan fingerprint density at radius 2 is 2.27 bits per heavy atom. The molecule has 0 spiro atoms. The van der Waals surface area contributed by atoms with Crippen LogP contribution in [-0.2, 0) is 4.74 Å². The lowest BCUT2D eigenvalue weighted by Crippen LogP contribution is -2.30. The summed E-state index contributed by atoms with van der Waals surface area (Å²) in [6, 6.07) is 1.97. The highest BCUT2D eigenvalue weighted by molar-refractivity contribution is 8.00. The van der Waals surface area contributed by atoms with E-state index < -0.39 is 0 Å². The Balaban J connectivity index is 2.13. The molecule has 0 aromatic carbocycles. The first-order valence-electron chi connectivity index (χ1n) is 4.67. The van der Waals surface area contributed by atoms with Gasteiger partial charge in [0.2, 0.25) is 0 Å². The summed E-state index contributed by atoms with van der Waals surface area (Å²) >= 11 is 3.32. The molecular formula is C9H13N3OS2. The van der Waals surface area contributed by atoms with Crippen LogP contribution in [0.4, 0.5) is 5.82 Å². The smallest absolute Gasteiger partial charge is 0.190 e. The number of hydrogen-bond donors (Lipinski definition) is 1. The zero-order chi connectivity index (χ0) is 10.7. The highest BCUT2D eigenvalue weighted by Gasteiger charge is 2.20. The molecule has 1 fully saturated rings. The zero-order valence-corrected chi connectivity index (χ0v) is 10.3. The summed E-state index contributed by atoms with van der Waals surface area (Å²) in [7, 11) is 1.87. The van der Waals surface area contributed by atoms with Gasteiger partial charge in [0.25, 0.3) is 0 Å². The van der Waals surface area contributed by atoms with Crippen molar-refractivity contribution in [1.29, 1.82) is 0 Å². The van der Waals surface area contributed by atoms with Crippen molar-refractivity contribution in [2.45, 2.75) is 15.4 Å². The van der Waals surface area contributed by atoms with Crippen LogP contribution in [0, 0.1) is 0 Å². The van der Waals surface area contributed by atoms with Crippen molar-refractivity contribution >= 4 is 29.3 Å². The van der Waals surface area contributed by atoms with Crippen LogP contribution in [0.3, 0.4) is 0 Å². The zero-order valence-electron chi connectivity index (χ0n) is 8.69. The van der Waals surface area contributed by atoms with Crippen LogP contribution >= 0.6 is 23.5 Å². The normalized spacial score (nSPS) is 16.1. The molecule has 2 rings (SSSR count). The third-order valence-electron chi connectivity index (χ3n) is 2.02. The fourth-order valence-electron chi connectivity index (χ4n) is 1.14. The lowest BCUT2D eigenvalue weighted by Gasteiger charge is -2.24. The molecule has 6 heteroatoms. The average molecular weight is 243 g/mol. The minimum absolute atomic E-state index is 0.555. The molecule has 1 aliphatic heterocycles. The predicted molar refractivity (Wildman–Crippen MR) is 63.8 cm³/mol. The van der Waals surface area contributed by atoms with Crippen molar-refractivity contribution in [3.8, 4) is 0 Å². The third kappa shape index (κ3) is 2.76. The van der Waals surface area contributed by atoms with Crippen molar-refractivity contribution < 1.29 is 4.74 Å². The SMILES string of the molecule is CNc1cc(SC2COC2)nc(SC)n1. The summed E-state index contributed by atoms with van der Waals surface area (Å²) in [5, 5.41) is 5.43. The van der Waals surface area contributed by atoms with Crippen LogP contribution in [0.5, 0.6) is 0 Å². The molecule has 0 bridgehead atoms. The van der Waals surface area contributed by atoms with E-state index in [2.05, 4.69) is 15.3 Å². The molecular weight excluding hydrogens is 230 g/mol. The summed E-state index contributed by atoms with van der Waals surface area (Å²) in [6.45, 7) is 1.66. The molecule has 4 nitrogen and oxygen atoms in total. The van der Waals surface area contributed by atoms with Gasteiger partial charge in [0.05, 0.1) is 18.5 Å². The van der Waals surface area contributed by atoms with Crippen molar-refractivity contribution in [2.75, 3.05) is 31.8 Å². The first kappa shape index (κ1) is 11.0. The maximum absolute atomic E-state index is 5.14. The van der Waals surface area contributed by atoms with Crippen LogP contribution < -0.4 is 5.32 Å². The lowest BCUT2D eigenvalue weighted by atomic mass is 10.4. The summed E-state index contributed by atoms with van der Waals surface area (Å²) in [5.41, 5.74) is 0. The molecule has 0 aliphatic carbocycles. The second kappa shape index (κ2) is 5.05. The molecule has 0 radical (unpaired) electrons. The van der Waals surface area contributed by atoms with Gasteiger partial charge in [-0.25, -0.2) is 9.97 Å². The van der Waals surface area contributed by atoms with Crippen LogP contribution in [0.1, 0.15) is 0 Å². The van der Waals surface area contributed by atoms with E-state index in [0.29, 0.717) is 5.25 Å². The Hall–Kier alpha value is -0.460. The van der Waals surface area contributed by atoms with Gasteiger partial charge in [-0.05, 0) is 6.26 Å². The standard InChI is InChI=1S/C9H13N3OS2/c1-10-7-3-8(12-9(11-7)14-2)15-6-4-13-5-6/h3,6H,4-5H2,1-2H3,(H,10,11,12). The predicted octanol–water partition coefficient (Wildman–Crippen LogP) is 1.73. The molecule has 2 heterocycles. The van der Waals surface area contributed by atoms with Crippen LogP contribution in [0.15, 0.2) is 16.2 Å². The van der Waals surface area contributed by atoms with E-state index in [-0.39, 0.29) is 0 Å². The Morgan fingerprint density at radius 1 is 1.47 bits per heavy atom. The monoisotopic (exact) mass is 243 g/mol. The fraction of sp³-hybridized carbons (Fsp3) is 0.556. The number of rotatable bonds is 4. The van der Waals surface area contributed by atoms with E-state index >= 15 is 0 Å². The minimum atomic E-state index is 0.555. The Morgan fingerprint density at radius 3 is 2.80 bits per heavy atom. The number of nitrogens with zero attached hydrogens (tertiary/aromatic N) is 2. The van der Waals surface area contributed by atoms with Gasteiger partial charge in [0.1, 0.15) is 10.8 Å². The summed E-state index contributed by atoms with van der Waals surface area (Å²) in [4.78, 5) is 8.76. The highest BCUT2D eigenvalue weighted by atomic mass is 32.2. The van der Waals surface area contributed by atoms with E-state index in [1.54, 1.807) is 23.5 Å². The number of aromatic nitrogens is 2. The first-order valence-corrected chi connectivity index (χ1v) is 6.77. The molecule has 0 saturated carbocycles. The second-order valence-electron chi connectivity index (χ2n) is 3.11. The Labute approximate surface area is 97.6 Å². The van der Waals surface area contributed by atoms with Crippen LogP contribution in [0.25, 0.3) is 0 Å².